The molecule has 5 heteroatoms. The quantitative estimate of drug-likeness (QED) is 0.775. The van der Waals surface area contributed by atoms with E-state index in [9.17, 15) is 5.11 Å². The molecule has 0 aliphatic carbocycles. The number of nitrogens with two attached hydrogens (primary N) is 1. The van der Waals surface area contributed by atoms with Crippen molar-refractivity contribution in [3.8, 4) is 0 Å². The summed E-state index contributed by atoms with van der Waals surface area (Å²) >= 11 is 2.93. The third kappa shape index (κ3) is 2.66. The standard InChI is InChI=1S/C7H11N2OS2/c1-2-11-4-6(10)5-3-12-7(8)9-5/h3,6,10H,1-2,4H2,(H2,8,9). The molecule has 1 radical (unpaired) electrons. The lowest BCUT2D eigenvalue weighted by atomic mass is 10.3. The average Bonchev–Trinajstić information content (AvgIpc) is 2.47. The molecule has 0 bridgehead atoms. The molecule has 0 fully saturated rings. The summed E-state index contributed by atoms with van der Waals surface area (Å²) in [6.07, 6.45) is -0.509. The third-order valence-corrected chi connectivity index (χ3v) is 2.83. The molecule has 0 saturated heterocycles. The van der Waals surface area contributed by atoms with Crippen molar-refractivity contribution in [3.63, 3.8) is 0 Å². The van der Waals surface area contributed by atoms with Crippen molar-refractivity contribution in [2.75, 3.05) is 17.2 Å². The van der Waals surface area contributed by atoms with E-state index in [1.165, 1.54) is 11.3 Å². The molecule has 12 heavy (non-hydrogen) atoms. The van der Waals surface area contributed by atoms with E-state index in [0.717, 1.165) is 5.75 Å². The first-order valence-electron chi connectivity index (χ1n) is 3.50. The Balaban J connectivity index is 2.47. The fraction of sp³-hybridized carbons (Fsp3) is 0.429. The van der Waals surface area contributed by atoms with Crippen LogP contribution in [0.1, 0.15) is 11.8 Å². The van der Waals surface area contributed by atoms with E-state index in [2.05, 4.69) is 11.9 Å². The molecule has 3 nitrogen and oxygen atoms in total. The highest BCUT2D eigenvalue weighted by Gasteiger charge is 2.09. The molecular formula is C7H11N2OS2. The Labute approximate surface area is 80.0 Å². The fourth-order valence-electron chi connectivity index (χ4n) is 0.734. The molecule has 1 aromatic rings. The molecule has 1 rings (SSSR count). The van der Waals surface area contributed by atoms with Gasteiger partial charge in [0.1, 0.15) is 6.10 Å². The minimum Gasteiger partial charge on any atom is -0.386 e. The molecule has 0 amide bonds. The molecule has 1 heterocycles. The lowest BCUT2D eigenvalue weighted by Gasteiger charge is -2.04. The normalized spacial score (nSPS) is 13.2. The number of hydrogen-bond donors (Lipinski definition) is 2. The van der Waals surface area contributed by atoms with E-state index in [1.54, 1.807) is 17.1 Å². The third-order valence-electron chi connectivity index (χ3n) is 1.30. The molecule has 67 valence electrons. The molecule has 0 aliphatic heterocycles. The van der Waals surface area contributed by atoms with Gasteiger partial charge in [0.15, 0.2) is 5.13 Å². The molecule has 0 aromatic carbocycles. The van der Waals surface area contributed by atoms with Crippen molar-refractivity contribution in [3.05, 3.63) is 18.0 Å². The predicted molar refractivity (Wildman–Crippen MR) is 54.2 cm³/mol. The van der Waals surface area contributed by atoms with Gasteiger partial charge < -0.3 is 10.8 Å². The maximum absolute atomic E-state index is 9.50. The smallest absolute Gasteiger partial charge is 0.180 e. The Morgan fingerprint density at radius 1 is 1.83 bits per heavy atom. The number of anilines is 1. The second-order valence-corrected chi connectivity index (χ2v) is 4.24. The van der Waals surface area contributed by atoms with E-state index in [-0.39, 0.29) is 0 Å². The van der Waals surface area contributed by atoms with Crippen molar-refractivity contribution >= 4 is 28.2 Å². The van der Waals surface area contributed by atoms with Crippen LogP contribution in [0.4, 0.5) is 5.13 Å². The largest absolute Gasteiger partial charge is 0.386 e. The second kappa shape index (κ2) is 4.69. The zero-order chi connectivity index (χ0) is 8.97. The number of aliphatic hydroxyl groups is 1. The molecule has 0 spiro atoms. The monoisotopic (exact) mass is 203 g/mol. The van der Waals surface area contributed by atoms with Crippen LogP contribution in [-0.2, 0) is 0 Å². The maximum Gasteiger partial charge on any atom is 0.180 e. The number of rotatable bonds is 4. The Bertz CT molecular complexity index is 239. The highest BCUT2D eigenvalue weighted by atomic mass is 32.2. The van der Waals surface area contributed by atoms with Crippen LogP contribution in [0.2, 0.25) is 0 Å². The van der Waals surface area contributed by atoms with Gasteiger partial charge >= 0.3 is 0 Å². The van der Waals surface area contributed by atoms with Gasteiger partial charge in [-0.2, -0.15) is 11.8 Å². The van der Waals surface area contributed by atoms with Crippen LogP contribution >= 0.6 is 23.1 Å². The first kappa shape index (κ1) is 9.83. The lowest BCUT2D eigenvalue weighted by molar-refractivity contribution is 0.200. The number of nitrogens with zero attached hydrogens (tertiary/aromatic N) is 1. The summed E-state index contributed by atoms with van der Waals surface area (Å²) in [6, 6.07) is 0. The number of hydrogen-bond acceptors (Lipinski definition) is 5. The average molecular weight is 203 g/mol. The van der Waals surface area contributed by atoms with Gasteiger partial charge in [0, 0.05) is 11.1 Å². The first-order valence-corrected chi connectivity index (χ1v) is 5.53. The molecular weight excluding hydrogens is 192 g/mol. The summed E-state index contributed by atoms with van der Waals surface area (Å²) < 4.78 is 0. The lowest BCUT2D eigenvalue weighted by Crippen LogP contribution is -2.01. The van der Waals surface area contributed by atoms with Crippen molar-refractivity contribution in [1.82, 2.24) is 4.98 Å². The van der Waals surface area contributed by atoms with Crippen LogP contribution in [0.25, 0.3) is 0 Å². The number of thiazole rings is 1. The minimum atomic E-state index is -0.509. The summed E-state index contributed by atoms with van der Waals surface area (Å²) in [4.78, 5) is 3.98. The van der Waals surface area contributed by atoms with Gasteiger partial charge in [0.2, 0.25) is 0 Å². The molecule has 1 atom stereocenters. The van der Waals surface area contributed by atoms with Gasteiger partial charge in [-0.15, -0.1) is 11.3 Å². The van der Waals surface area contributed by atoms with Gasteiger partial charge in [-0.3, -0.25) is 0 Å². The van der Waals surface area contributed by atoms with Gasteiger partial charge in [-0.25, -0.2) is 4.98 Å². The Morgan fingerprint density at radius 3 is 3.08 bits per heavy atom. The minimum absolute atomic E-state index is 0.503. The van der Waals surface area contributed by atoms with Crippen LogP contribution in [0.5, 0.6) is 0 Å². The summed E-state index contributed by atoms with van der Waals surface area (Å²) in [6.45, 7) is 3.67. The van der Waals surface area contributed by atoms with Gasteiger partial charge in [0.25, 0.3) is 0 Å². The van der Waals surface area contributed by atoms with Crippen molar-refractivity contribution in [2.45, 2.75) is 6.10 Å². The number of nitrogen functional groups attached to an aromatic ring is 1. The Morgan fingerprint density at radius 2 is 2.58 bits per heavy atom. The number of aliphatic hydroxyl groups excluding tert-OH is 1. The SMILES string of the molecule is [CH2]CSCC(O)c1csc(N)n1. The number of thioether (sulfide) groups is 1. The van der Waals surface area contributed by atoms with E-state index in [4.69, 9.17) is 5.73 Å². The van der Waals surface area contributed by atoms with Crippen molar-refractivity contribution in [1.29, 1.82) is 0 Å². The maximum atomic E-state index is 9.50. The molecule has 0 aliphatic rings. The fourth-order valence-corrected chi connectivity index (χ4v) is 1.90. The topological polar surface area (TPSA) is 59.1 Å². The van der Waals surface area contributed by atoms with Crippen molar-refractivity contribution in [2.24, 2.45) is 0 Å². The summed E-state index contributed by atoms with van der Waals surface area (Å²) in [5, 5.41) is 11.8. The molecule has 3 N–H and O–H groups in total. The second-order valence-electron chi connectivity index (χ2n) is 2.20. The molecule has 1 unspecified atom stereocenters. The van der Waals surface area contributed by atoms with E-state index >= 15 is 0 Å². The van der Waals surface area contributed by atoms with E-state index in [0.29, 0.717) is 16.6 Å². The zero-order valence-corrected chi connectivity index (χ0v) is 8.20. The van der Waals surface area contributed by atoms with Crippen LogP contribution in [0.15, 0.2) is 5.38 Å². The van der Waals surface area contributed by atoms with Gasteiger partial charge in [-0.1, -0.05) is 0 Å². The summed E-state index contributed by atoms with van der Waals surface area (Å²) in [5.41, 5.74) is 6.09. The molecule has 0 saturated carbocycles. The number of aromatic nitrogens is 1. The van der Waals surface area contributed by atoms with E-state index < -0.39 is 6.10 Å². The molecule has 1 aromatic heterocycles. The van der Waals surface area contributed by atoms with Crippen molar-refractivity contribution < 1.29 is 5.11 Å². The van der Waals surface area contributed by atoms with Crippen LogP contribution in [-0.4, -0.2) is 21.6 Å². The summed E-state index contributed by atoms with van der Waals surface area (Å²) in [7, 11) is 0. The Hall–Kier alpha value is -0.260. The highest BCUT2D eigenvalue weighted by Crippen LogP contribution is 2.21. The predicted octanol–water partition coefficient (Wildman–Crippen LogP) is 1.33. The Kier molecular flexibility index (Phi) is 3.84. The van der Waals surface area contributed by atoms with E-state index in [1.807, 2.05) is 0 Å². The van der Waals surface area contributed by atoms with Crippen LogP contribution in [0.3, 0.4) is 0 Å². The van der Waals surface area contributed by atoms with Crippen LogP contribution in [0, 0.1) is 6.92 Å². The van der Waals surface area contributed by atoms with Gasteiger partial charge in [-0.05, 0) is 12.7 Å². The van der Waals surface area contributed by atoms with Gasteiger partial charge in [0.05, 0.1) is 5.69 Å². The van der Waals surface area contributed by atoms with Crippen LogP contribution < -0.4 is 5.73 Å². The zero-order valence-electron chi connectivity index (χ0n) is 6.56. The highest BCUT2D eigenvalue weighted by molar-refractivity contribution is 7.99. The summed E-state index contributed by atoms with van der Waals surface area (Å²) in [5.74, 6) is 1.39. The first-order chi connectivity index (χ1) is 5.74.